The van der Waals surface area contributed by atoms with Gasteiger partial charge in [-0.2, -0.15) is 13.2 Å². The Kier molecular flexibility index (Phi) is 7.77. The molecule has 1 N–H and O–H groups in total. The molecule has 0 aromatic heterocycles. The summed E-state index contributed by atoms with van der Waals surface area (Å²) >= 11 is 0. The van der Waals surface area contributed by atoms with Gasteiger partial charge >= 0.3 is 6.18 Å². The highest BCUT2D eigenvalue weighted by atomic mass is 19.4. The van der Waals surface area contributed by atoms with E-state index in [1.165, 1.54) is 12.1 Å². The van der Waals surface area contributed by atoms with Gasteiger partial charge in [-0.15, -0.1) is 0 Å². The first-order chi connectivity index (χ1) is 15.3. The minimum absolute atomic E-state index is 0.0484. The van der Waals surface area contributed by atoms with E-state index in [1.807, 2.05) is 24.3 Å². The van der Waals surface area contributed by atoms with Crippen molar-refractivity contribution < 1.29 is 27.5 Å². The SMILES string of the molecule is COc1ccc(CCN2C[C@H](C(=O)NCCc3ccc(C(F)(F)F)cc3)CCC2=O)cc1. The molecule has 3 rings (SSSR count). The number of ether oxygens (including phenoxy) is 1. The van der Waals surface area contributed by atoms with Crippen LogP contribution >= 0.6 is 0 Å². The molecule has 2 amide bonds. The average Bonchev–Trinajstić information content (AvgIpc) is 2.78. The molecule has 172 valence electrons. The summed E-state index contributed by atoms with van der Waals surface area (Å²) < 4.78 is 43.1. The number of amides is 2. The number of methoxy groups -OCH3 is 1. The highest BCUT2D eigenvalue weighted by Gasteiger charge is 2.31. The number of likely N-dealkylation sites (tertiary alicyclic amines) is 1. The number of rotatable bonds is 8. The molecule has 0 saturated carbocycles. The third kappa shape index (κ3) is 6.48. The second kappa shape index (κ2) is 10.5. The van der Waals surface area contributed by atoms with E-state index in [9.17, 15) is 22.8 Å². The van der Waals surface area contributed by atoms with Crippen LogP contribution in [0.3, 0.4) is 0 Å². The molecule has 1 fully saturated rings. The normalized spacial score (nSPS) is 16.7. The van der Waals surface area contributed by atoms with Crippen molar-refractivity contribution in [2.45, 2.75) is 31.9 Å². The molecular weight excluding hydrogens is 421 g/mol. The Morgan fingerprint density at radius 3 is 2.31 bits per heavy atom. The Morgan fingerprint density at radius 1 is 1.06 bits per heavy atom. The summed E-state index contributed by atoms with van der Waals surface area (Å²) in [6.07, 6.45) is -2.39. The maximum absolute atomic E-state index is 12.6. The topological polar surface area (TPSA) is 58.6 Å². The smallest absolute Gasteiger partial charge is 0.416 e. The van der Waals surface area contributed by atoms with Crippen LogP contribution in [-0.4, -0.2) is 43.5 Å². The molecule has 2 aromatic rings. The largest absolute Gasteiger partial charge is 0.497 e. The number of carbonyl (C=O) groups is 2. The quantitative estimate of drug-likeness (QED) is 0.667. The Hall–Kier alpha value is -3.03. The van der Waals surface area contributed by atoms with Crippen LogP contribution in [0.1, 0.15) is 29.5 Å². The van der Waals surface area contributed by atoms with Gasteiger partial charge in [0.2, 0.25) is 11.8 Å². The molecule has 1 aliphatic rings. The van der Waals surface area contributed by atoms with Crippen LogP contribution in [0.2, 0.25) is 0 Å². The van der Waals surface area contributed by atoms with Crippen LogP contribution in [0, 0.1) is 5.92 Å². The minimum Gasteiger partial charge on any atom is -0.497 e. The van der Waals surface area contributed by atoms with Gasteiger partial charge in [0.15, 0.2) is 0 Å². The lowest BCUT2D eigenvalue weighted by molar-refractivity contribution is -0.139. The Balaban J connectivity index is 1.45. The Bertz CT molecular complexity index is 912. The first kappa shape index (κ1) is 23.6. The van der Waals surface area contributed by atoms with Gasteiger partial charge in [0.05, 0.1) is 18.6 Å². The van der Waals surface area contributed by atoms with Crippen LogP contribution < -0.4 is 10.1 Å². The van der Waals surface area contributed by atoms with Gasteiger partial charge in [-0.05, 0) is 54.7 Å². The van der Waals surface area contributed by atoms with E-state index in [4.69, 9.17) is 4.74 Å². The van der Waals surface area contributed by atoms with E-state index in [2.05, 4.69) is 5.32 Å². The fourth-order valence-corrected chi connectivity index (χ4v) is 3.74. The first-order valence-corrected chi connectivity index (χ1v) is 10.6. The fraction of sp³-hybridized carbons (Fsp3) is 0.417. The van der Waals surface area contributed by atoms with Crippen molar-refractivity contribution in [2.75, 3.05) is 26.7 Å². The second-order valence-electron chi connectivity index (χ2n) is 7.91. The van der Waals surface area contributed by atoms with E-state index >= 15 is 0 Å². The number of hydrogen-bond acceptors (Lipinski definition) is 3. The number of piperidine rings is 1. The molecule has 5 nitrogen and oxygen atoms in total. The summed E-state index contributed by atoms with van der Waals surface area (Å²) in [6.45, 7) is 1.25. The number of hydrogen-bond donors (Lipinski definition) is 1. The zero-order valence-electron chi connectivity index (χ0n) is 18.0. The molecule has 0 aliphatic carbocycles. The Labute approximate surface area is 185 Å². The predicted octanol–water partition coefficient (Wildman–Crippen LogP) is 3.85. The monoisotopic (exact) mass is 448 g/mol. The van der Waals surface area contributed by atoms with Crippen LogP contribution in [0.15, 0.2) is 48.5 Å². The zero-order valence-corrected chi connectivity index (χ0v) is 18.0. The average molecular weight is 448 g/mol. The molecule has 1 atom stereocenters. The van der Waals surface area contributed by atoms with Crippen LogP contribution in [0.4, 0.5) is 13.2 Å². The van der Waals surface area contributed by atoms with Crippen molar-refractivity contribution in [1.29, 1.82) is 0 Å². The van der Waals surface area contributed by atoms with E-state index < -0.39 is 11.7 Å². The van der Waals surface area contributed by atoms with Crippen LogP contribution in [-0.2, 0) is 28.6 Å². The molecule has 0 bridgehead atoms. The maximum atomic E-state index is 12.6. The van der Waals surface area contributed by atoms with Gasteiger partial charge in [-0.1, -0.05) is 24.3 Å². The zero-order chi connectivity index (χ0) is 23.1. The molecule has 0 spiro atoms. The van der Waals surface area contributed by atoms with Crippen molar-refractivity contribution in [2.24, 2.45) is 5.92 Å². The summed E-state index contributed by atoms with van der Waals surface area (Å²) in [5, 5.41) is 2.85. The standard InChI is InChI=1S/C24H27F3N2O3/c1-32-21-9-4-18(5-10-21)13-15-29-16-19(6-11-22(29)30)23(31)28-14-12-17-2-7-20(8-3-17)24(25,26)27/h2-5,7-10,19H,6,11-16H2,1H3,(H,28,31)/t19-/m1/s1. The van der Waals surface area contributed by atoms with Crippen LogP contribution in [0.25, 0.3) is 0 Å². The third-order valence-electron chi connectivity index (χ3n) is 5.69. The van der Waals surface area contributed by atoms with E-state index in [-0.39, 0.29) is 17.7 Å². The van der Waals surface area contributed by atoms with E-state index in [1.54, 1.807) is 12.0 Å². The lowest BCUT2D eigenvalue weighted by Gasteiger charge is -2.32. The summed E-state index contributed by atoms with van der Waals surface area (Å²) in [7, 11) is 1.61. The molecule has 1 heterocycles. The molecule has 32 heavy (non-hydrogen) atoms. The highest BCUT2D eigenvalue weighted by molar-refractivity contribution is 5.83. The van der Waals surface area contributed by atoms with Crippen molar-refractivity contribution >= 4 is 11.8 Å². The molecule has 2 aromatic carbocycles. The predicted molar refractivity (Wildman–Crippen MR) is 114 cm³/mol. The van der Waals surface area contributed by atoms with E-state index in [0.29, 0.717) is 45.3 Å². The van der Waals surface area contributed by atoms with Crippen molar-refractivity contribution in [1.82, 2.24) is 10.2 Å². The van der Waals surface area contributed by atoms with Crippen molar-refractivity contribution in [3.8, 4) is 5.75 Å². The third-order valence-corrected chi connectivity index (χ3v) is 5.69. The summed E-state index contributed by atoms with van der Waals surface area (Å²) in [4.78, 5) is 26.6. The number of benzene rings is 2. The lowest BCUT2D eigenvalue weighted by atomic mass is 9.96. The van der Waals surface area contributed by atoms with Gasteiger partial charge in [-0.25, -0.2) is 0 Å². The number of nitrogens with zero attached hydrogens (tertiary/aromatic N) is 1. The molecule has 0 unspecified atom stereocenters. The number of nitrogens with one attached hydrogen (secondary N) is 1. The number of carbonyl (C=O) groups excluding carboxylic acids is 2. The van der Waals surface area contributed by atoms with Crippen molar-refractivity contribution in [3.63, 3.8) is 0 Å². The molecular formula is C24H27F3N2O3. The van der Waals surface area contributed by atoms with Gasteiger partial charge in [0, 0.05) is 26.1 Å². The van der Waals surface area contributed by atoms with Crippen molar-refractivity contribution in [3.05, 3.63) is 65.2 Å². The summed E-state index contributed by atoms with van der Waals surface area (Å²) in [5.74, 6) is 0.415. The number of halogens is 3. The lowest BCUT2D eigenvalue weighted by Crippen LogP contribution is -2.46. The van der Waals surface area contributed by atoms with Gasteiger partial charge in [-0.3, -0.25) is 9.59 Å². The van der Waals surface area contributed by atoms with Gasteiger partial charge in [0.25, 0.3) is 0 Å². The van der Waals surface area contributed by atoms with Gasteiger partial charge in [0.1, 0.15) is 5.75 Å². The van der Waals surface area contributed by atoms with Gasteiger partial charge < -0.3 is 15.0 Å². The highest BCUT2D eigenvalue weighted by Crippen LogP contribution is 2.29. The molecule has 8 heteroatoms. The maximum Gasteiger partial charge on any atom is 0.416 e. The first-order valence-electron chi connectivity index (χ1n) is 10.6. The molecule has 1 aliphatic heterocycles. The molecule has 0 radical (unpaired) electrons. The fourth-order valence-electron chi connectivity index (χ4n) is 3.74. The Morgan fingerprint density at radius 2 is 1.69 bits per heavy atom. The number of alkyl halides is 3. The minimum atomic E-state index is -4.36. The van der Waals surface area contributed by atoms with Crippen LogP contribution in [0.5, 0.6) is 5.75 Å². The second-order valence-corrected chi connectivity index (χ2v) is 7.91. The molecule has 1 saturated heterocycles. The van der Waals surface area contributed by atoms with E-state index in [0.717, 1.165) is 29.0 Å². The summed E-state index contributed by atoms with van der Waals surface area (Å²) in [6, 6.07) is 12.6. The summed E-state index contributed by atoms with van der Waals surface area (Å²) in [5.41, 5.74) is 1.12.